The van der Waals surface area contributed by atoms with Gasteiger partial charge in [0, 0.05) is 25.7 Å². The van der Waals surface area contributed by atoms with Crippen LogP contribution in [0.5, 0.6) is 0 Å². The molecule has 0 atom stereocenters. The van der Waals surface area contributed by atoms with Crippen molar-refractivity contribution in [2.45, 2.75) is 18.4 Å². The Morgan fingerprint density at radius 3 is 2.75 bits per heavy atom. The van der Waals surface area contributed by atoms with E-state index in [0.29, 0.717) is 23.8 Å². The molecule has 1 fully saturated rings. The van der Waals surface area contributed by atoms with E-state index in [1.165, 1.54) is 6.07 Å². The largest absolute Gasteiger partial charge is 0.440 e. The smallest absolute Gasteiger partial charge is 0.273 e. The van der Waals surface area contributed by atoms with E-state index in [0.717, 1.165) is 39.3 Å². The number of nitrogens with zero attached hydrogens (tertiary/aromatic N) is 2. The topological polar surface area (TPSA) is 97.8 Å². The zero-order valence-corrected chi connectivity index (χ0v) is 14.3. The van der Waals surface area contributed by atoms with Gasteiger partial charge in [-0.1, -0.05) is 5.16 Å². The molecular formula is C15H21N3O5S. The lowest BCUT2D eigenvalue weighted by molar-refractivity contribution is 0.0376. The van der Waals surface area contributed by atoms with E-state index in [-0.39, 0.29) is 5.09 Å². The molecular weight excluding hydrogens is 334 g/mol. The summed E-state index contributed by atoms with van der Waals surface area (Å²) in [5.74, 6) is 0.741. The summed E-state index contributed by atoms with van der Waals surface area (Å²) in [6.45, 7) is 6.24. The number of ether oxygens (including phenoxy) is 1. The molecule has 1 N–H and O–H groups in total. The van der Waals surface area contributed by atoms with Crippen LogP contribution in [0.3, 0.4) is 0 Å². The third kappa shape index (κ3) is 4.23. The first kappa shape index (κ1) is 17.2. The van der Waals surface area contributed by atoms with Gasteiger partial charge < -0.3 is 13.7 Å². The highest BCUT2D eigenvalue weighted by molar-refractivity contribution is 7.89. The van der Waals surface area contributed by atoms with Crippen LogP contribution in [0.25, 0.3) is 11.5 Å². The minimum Gasteiger partial charge on any atom is -0.440 e. The molecule has 0 aliphatic carbocycles. The normalized spacial score (nSPS) is 16.5. The van der Waals surface area contributed by atoms with Gasteiger partial charge >= 0.3 is 0 Å². The second-order valence-electron chi connectivity index (χ2n) is 5.66. The van der Waals surface area contributed by atoms with Gasteiger partial charge in [-0.2, -0.15) is 0 Å². The number of morpholine rings is 1. The van der Waals surface area contributed by atoms with Gasteiger partial charge in [0.05, 0.1) is 18.9 Å². The molecule has 2 aromatic rings. The van der Waals surface area contributed by atoms with Crippen LogP contribution in [0.4, 0.5) is 0 Å². The Morgan fingerprint density at radius 1 is 1.25 bits per heavy atom. The van der Waals surface area contributed by atoms with Crippen LogP contribution in [-0.2, 0) is 14.8 Å². The minimum atomic E-state index is -3.67. The van der Waals surface area contributed by atoms with Crippen LogP contribution in [-0.4, -0.2) is 57.9 Å². The fourth-order valence-corrected chi connectivity index (χ4v) is 3.48. The van der Waals surface area contributed by atoms with E-state index in [1.54, 1.807) is 19.1 Å². The molecule has 3 heterocycles. The summed E-state index contributed by atoms with van der Waals surface area (Å²) in [5, 5.41) is 3.63. The lowest BCUT2D eigenvalue weighted by Crippen LogP contribution is -2.38. The Balaban J connectivity index is 1.52. The van der Waals surface area contributed by atoms with Crippen LogP contribution in [0.2, 0.25) is 0 Å². The molecule has 0 saturated carbocycles. The molecule has 1 aliphatic rings. The summed E-state index contributed by atoms with van der Waals surface area (Å²) >= 11 is 0. The van der Waals surface area contributed by atoms with E-state index in [1.807, 2.05) is 0 Å². The third-order valence-electron chi connectivity index (χ3n) is 3.76. The van der Waals surface area contributed by atoms with Crippen LogP contribution < -0.4 is 4.72 Å². The highest BCUT2D eigenvalue weighted by atomic mass is 32.2. The maximum Gasteiger partial charge on any atom is 0.273 e. The first-order valence-corrected chi connectivity index (χ1v) is 9.36. The lowest BCUT2D eigenvalue weighted by atomic mass is 10.3. The fraction of sp³-hybridized carbons (Fsp3) is 0.533. The van der Waals surface area contributed by atoms with Crippen LogP contribution in [0, 0.1) is 6.92 Å². The zero-order valence-electron chi connectivity index (χ0n) is 13.5. The van der Waals surface area contributed by atoms with Crippen molar-refractivity contribution in [3.05, 3.63) is 23.9 Å². The predicted molar refractivity (Wildman–Crippen MR) is 86.0 cm³/mol. The third-order valence-corrected chi connectivity index (χ3v) is 5.10. The standard InChI is InChI=1S/C15H21N3O5S/c1-12-11-14(23-17-12)13-3-4-15(22-13)24(19,20)16-5-2-6-18-7-9-21-10-8-18/h3-4,11,16H,2,5-10H2,1H3. The summed E-state index contributed by atoms with van der Waals surface area (Å²) in [6.07, 6.45) is 0.730. The van der Waals surface area contributed by atoms with E-state index < -0.39 is 10.0 Å². The molecule has 0 bridgehead atoms. The van der Waals surface area contributed by atoms with E-state index >= 15 is 0 Å². The van der Waals surface area contributed by atoms with Crippen molar-refractivity contribution >= 4 is 10.0 Å². The molecule has 0 aromatic carbocycles. The zero-order chi connectivity index (χ0) is 17.0. The molecule has 1 aliphatic heterocycles. The lowest BCUT2D eigenvalue weighted by Gasteiger charge is -2.26. The average Bonchev–Trinajstić information content (AvgIpc) is 3.22. The highest BCUT2D eigenvalue weighted by Crippen LogP contribution is 2.24. The Bertz CT molecular complexity index is 762. The molecule has 0 spiro atoms. The number of furan rings is 1. The average molecular weight is 355 g/mol. The molecule has 8 nitrogen and oxygen atoms in total. The van der Waals surface area contributed by atoms with Crippen LogP contribution in [0.1, 0.15) is 12.1 Å². The van der Waals surface area contributed by atoms with Crippen molar-refractivity contribution in [3.63, 3.8) is 0 Å². The number of nitrogens with one attached hydrogen (secondary N) is 1. The maximum absolute atomic E-state index is 12.2. The number of aryl methyl sites for hydroxylation is 1. The monoisotopic (exact) mass is 355 g/mol. The fourth-order valence-electron chi connectivity index (χ4n) is 2.48. The van der Waals surface area contributed by atoms with Crippen molar-refractivity contribution in [1.82, 2.24) is 14.8 Å². The molecule has 3 rings (SSSR count). The van der Waals surface area contributed by atoms with Crippen molar-refractivity contribution in [2.75, 3.05) is 39.4 Å². The number of rotatable bonds is 7. The predicted octanol–water partition coefficient (Wildman–Crippen LogP) is 1.24. The van der Waals surface area contributed by atoms with Gasteiger partial charge in [-0.25, -0.2) is 13.1 Å². The quantitative estimate of drug-likeness (QED) is 0.746. The molecule has 9 heteroatoms. The summed E-state index contributed by atoms with van der Waals surface area (Å²) in [5.41, 5.74) is 0.701. The number of sulfonamides is 1. The number of hydrogen-bond donors (Lipinski definition) is 1. The summed E-state index contributed by atoms with van der Waals surface area (Å²) in [7, 11) is -3.67. The maximum atomic E-state index is 12.2. The first-order valence-electron chi connectivity index (χ1n) is 7.88. The molecule has 132 valence electrons. The molecule has 24 heavy (non-hydrogen) atoms. The Morgan fingerprint density at radius 2 is 2.04 bits per heavy atom. The van der Waals surface area contributed by atoms with Gasteiger partial charge in [-0.15, -0.1) is 0 Å². The van der Waals surface area contributed by atoms with Crippen molar-refractivity contribution in [1.29, 1.82) is 0 Å². The summed E-state index contributed by atoms with van der Waals surface area (Å²) in [4.78, 5) is 2.26. The van der Waals surface area contributed by atoms with Crippen molar-refractivity contribution < 1.29 is 22.1 Å². The van der Waals surface area contributed by atoms with E-state index in [2.05, 4.69) is 14.8 Å². The van der Waals surface area contributed by atoms with Gasteiger partial charge in [-0.3, -0.25) is 4.90 Å². The Labute approximate surface area is 140 Å². The molecule has 1 saturated heterocycles. The van der Waals surface area contributed by atoms with Crippen LogP contribution in [0.15, 0.2) is 32.2 Å². The second kappa shape index (κ2) is 7.47. The highest BCUT2D eigenvalue weighted by Gasteiger charge is 2.20. The number of aromatic nitrogens is 1. The summed E-state index contributed by atoms with van der Waals surface area (Å²) in [6, 6.07) is 4.66. The van der Waals surface area contributed by atoms with Gasteiger partial charge in [0.15, 0.2) is 5.76 Å². The first-order chi connectivity index (χ1) is 11.5. The molecule has 0 amide bonds. The van der Waals surface area contributed by atoms with Gasteiger partial charge in [-0.05, 0) is 32.0 Å². The SMILES string of the molecule is Cc1cc(-c2ccc(S(=O)(=O)NCCCN3CCOCC3)o2)on1. The minimum absolute atomic E-state index is 0.127. The Hall–Kier alpha value is -1.68. The summed E-state index contributed by atoms with van der Waals surface area (Å²) < 4.78 is 42.8. The van der Waals surface area contributed by atoms with Crippen molar-refractivity contribution in [2.24, 2.45) is 0 Å². The Kier molecular flexibility index (Phi) is 5.34. The molecule has 2 aromatic heterocycles. The second-order valence-corrected chi connectivity index (χ2v) is 7.35. The molecule has 0 unspecified atom stereocenters. The molecule has 0 radical (unpaired) electrons. The van der Waals surface area contributed by atoms with Gasteiger partial charge in [0.25, 0.3) is 10.0 Å². The van der Waals surface area contributed by atoms with E-state index in [9.17, 15) is 8.42 Å². The van der Waals surface area contributed by atoms with Crippen LogP contribution >= 0.6 is 0 Å². The van der Waals surface area contributed by atoms with E-state index in [4.69, 9.17) is 13.7 Å². The van der Waals surface area contributed by atoms with Gasteiger partial charge in [0.1, 0.15) is 0 Å². The van der Waals surface area contributed by atoms with Crippen molar-refractivity contribution in [3.8, 4) is 11.5 Å². The number of hydrogen-bond acceptors (Lipinski definition) is 7. The van der Waals surface area contributed by atoms with Gasteiger partial charge in [0.2, 0.25) is 10.9 Å².